The zero-order valence-corrected chi connectivity index (χ0v) is 20.0. The van der Waals surface area contributed by atoms with E-state index in [0.717, 1.165) is 73.9 Å². The number of hydrogen-bond donors (Lipinski definition) is 2. The van der Waals surface area contributed by atoms with Crippen molar-refractivity contribution >= 4 is 16.3 Å². The molecule has 1 saturated carbocycles. The number of rotatable bonds is 5. The van der Waals surface area contributed by atoms with Crippen LogP contribution in [0.25, 0.3) is 11.5 Å². The molecular weight excluding hydrogens is 450 g/mol. The average molecular weight is 478 g/mol. The van der Waals surface area contributed by atoms with Gasteiger partial charge in [-0.1, -0.05) is 5.16 Å². The molecule has 0 saturated heterocycles. The standard InChI is InChI=1S/C25H27N5O3S/c1-14-10-18(32-13-24(12-31)8-9-24)29-23(28-14)20-15-4-2-6-25(21(15)33-30-20)7-3-5-17-19(25)16(11-26)22(27)34-17/h10,31H,2-9,12-13,27H2,1H3/t25-/m0/s1. The third-order valence-electron chi connectivity index (χ3n) is 7.72. The molecule has 3 heterocycles. The van der Waals surface area contributed by atoms with E-state index in [-0.39, 0.29) is 17.4 Å². The molecule has 0 unspecified atom stereocenters. The van der Waals surface area contributed by atoms with Crippen LogP contribution in [0.15, 0.2) is 10.6 Å². The Morgan fingerprint density at radius 1 is 1.24 bits per heavy atom. The molecule has 3 aliphatic rings. The molecule has 3 N–H and O–H groups in total. The van der Waals surface area contributed by atoms with Crippen LogP contribution in [0, 0.1) is 23.7 Å². The van der Waals surface area contributed by atoms with Gasteiger partial charge in [-0.3, -0.25) is 0 Å². The molecule has 0 amide bonds. The normalized spacial score (nSPS) is 22.1. The average Bonchev–Trinajstić information content (AvgIpc) is 3.34. The van der Waals surface area contributed by atoms with Gasteiger partial charge in [0.2, 0.25) is 5.88 Å². The fourth-order valence-corrected chi connectivity index (χ4v) is 6.85. The lowest BCUT2D eigenvalue weighted by atomic mass is 9.63. The molecule has 3 aromatic rings. The predicted octanol–water partition coefficient (Wildman–Crippen LogP) is 4.07. The number of ether oxygens (including phenoxy) is 1. The number of aromatic nitrogens is 3. The maximum atomic E-state index is 9.88. The van der Waals surface area contributed by atoms with Crippen molar-refractivity contribution in [3.8, 4) is 23.5 Å². The fourth-order valence-electron chi connectivity index (χ4n) is 5.69. The van der Waals surface area contributed by atoms with Crippen LogP contribution >= 0.6 is 11.3 Å². The molecule has 0 aliphatic heterocycles. The van der Waals surface area contributed by atoms with Gasteiger partial charge in [0.25, 0.3) is 0 Å². The van der Waals surface area contributed by atoms with Crippen molar-refractivity contribution in [3.05, 3.63) is 39.1 Å². The van der Waals surface area contributed by atoms with E-state index in [9.17, 15) is 10.4 Å². The molecule has 3 aromatic heterocycles. The van der Waals surface area contributed by atoms with E-state index < -0.39 is 0 Å². The summed E-state index contributed by atoms with van der Waals surface area (Å²) >= 11 is 1.54. The largest absolute Gasteiger partial charge is 0.477 e. The maximum Gasteiger partial charge on any atom is 0.217 e. The molecule has 1 spiro atoms. The van der Waals surface area contributed by atoms with Gasteiger partial charge in [0.15, 0.2) is 17.3 Å². The number of nitrogens with two attached hydrogens (primary N) is 1. The first-order chi connectivity index (χ1) is 16.5. The Bertz CT molecular complexity index is 1310. The molecule has 0 radical (unpaired) electrons. The van der Waals surface area contributed by atoms with Crippen LogP contribution in [0.4, 0.5) is 5.00 Å². The lowest BCUT2D eigenvalue weighted by Gasteiger charge is -2.39. The second-order valence-corrected chi connectivity index (χ2v) is 11.1. The number of hydrogen-bond acceptors (Lipinski definition) is 9. The van der Waals surface area contributed by atoms with E-state index >= 15 is 0 Å². The summed E-state index contributed by atoms with van der Waals surface area (Å²) < 4.78 is 12.0. The van der Waals surface area contributed by atoms with Crippen molar-refractivity contribution < 1.29 is 14.4 Å². The Kier molecular flexibility index (Phi) is 4.94. The Balaban J connectivity index is 1.41. The van der Waals surface area contributed by atoms with Crippen molar-refractivity contribution in [2.24, 2.45) is 5.41 Å². The molecule has 1 fully saturated rings. The fraction of sp³-hybridized carbons (Fsp3) is 0.520. The first kappa shape index (κ1) is 21.6. The molecule has 6 rings (SSSR count). The highest BCUT2D eigenvalue weighted by molar-refractivity contribution is 7.16. The number of anilines is 1. The monoisotopic (exact) mass is 477 g/mol. The summed E-state index contributed by atoms with van der Waals surface area (Å²) in [6.07, 6.45) is 7.54. The van der Waals surface area contributed by atoms with Crippen molar-refractivity contribution in [3.63, 3.8) is 0 Å². The minimum atomic E-state index is -0.367. The zero-order valence-electron chi connectivity index (χ0n) is 19.2. The van der Waals surface area contributed by atoms with Crippen LogP contribution in [0.2, 0.25) is 0 Å². The smallest absolute Gasteiger partial charge is 0.217 e. The van der Waals surface area contributed by atoms with Crippen molar-refractivity contribution in [2.45, 2.75) is 63.7 Å². The molecule has 9 heteroatoms. The van der Waals surface area contributed by atoms with Gasteiger partial charge in [0, 0.05) is 27.6 Å². The quantitative estimate of drug-likeness (QED) is 0.562. The first-order valence-electron chi connectivity index (χ1n) is 11.9. The van der Waals surface area contributed by atoms with Crippen LogP contribution in [-0.2, 0) is 18.3 Å². The van der Waals surface area contributed by atoms with Crippen LogP contribution in [0.1, 0.15) is 71.5 Å². The number of thiophene rings is 1. The summed E-state index contributed by atoms with van der Waals surface area (Å²) in [5.41, 5.74) is 9.87. The third-order valence-corrected chi connectivity index (χ3v) is 8.80. The van der Waals surface area contributed by atoms with E-state index in [1.807, 2.05) is 13.0 Å². The van der Waals surface area contributed by atoms with Crippen molar-refractivity contribution in [1.82, 2.24) is 15.1 Å². The van der Waals surface area contributed by atoms with Crippen LogP contribution in [0.3, 0.4) is 0 Å². The Labute approximate surface area is 201 Å². The van der Waals surface area contributed by atoms with Gasteiger partial charge in [0.05, 0.1) is 24.2 Å². The second-order valence-electron chi connectivity index (χ2n) is 10.00. The van der Waals surface area contributed by atoms with Crippen LogP contribution in [-0.4, -0.2) is 33.4 Å². The van der Waals surface area contributed by atoms with E-state index in [1.165, 1.54) is 16.2 Å². The number of fused-ring (bicyclic) bond motifs is 4. The maximum absolute atomic E-state index is 9.88. The Hall–Kier alpha value is -2.96. The number of nitriles is 1. The number of nitrogens with zero attached hydrogens (tertiary/aromatic N) is 4. The summed E-state index contributed by atoms with van der Waals surface area (Å²) in [6, 6.07) is 4.17. The first-order valence-corrected chi connectivity index (χ1v) is 12.7. The third kappa shape index (κ3) is 3.23. The second kappa shape index (κ2) is 7.79. The van der Waals surface area contributed by atoms with Gasteiger partial charge in [-0.25, -0.2) is 4.98 Å². The molecule has 3 aliphatic carbocycles. The summed E-state index contributed by atoms with van der Waals surface area (Å²) in [7, 11) is 0. The van der Waals surface area contributed by atoms with Gasteiger partial charge < -0.3 is 20.1 Å². The van der Waals surface area contributed by atoms with E-state index in [4.69, 9.17) is 15.0 Å². The van der Waals surface area contributed by atoms with E-state index in [1.54, 1.807) is 0 Å². The summed E-state index contributed by atoms with van der Waals surface area (Å²) in [6.45, 7) is 2.48. The molecule has 0 bridgehead atoms. The molecule has 176 valence electrons. The molecule has 0 aromatic carbocycles. The Morgan fingerprint density at radius 2 is 2.03 bits per heavy atom. The SMILES string of the molecule is Cc1cc(OCC2(CO)CC2)nc(-c2noc3c2CCC[C@@]32CCCc3sc(N)c(C#N)c32)n1. The highest BCUT2D eigenvalue weighted by Gasteiger charge is 2.49. The Morgan fingerprint density at radius 3 is 2.76 bits per heavy atom. The molecule has 1 atom stereocenters. The van der Waals surface area contributed by atoms with Crippen molar-refractivity contribution in [1.29, 1.82) is 5.26 Å². The van der Waals surface area contributed by atoms with Gasteiger partial charge in [-0.05, 0) is 63.9 Å². The molecule has 34 heavy (non-hydrogen) atoms. The zero-order chi connectivity index (χ0) is 23.5. The number of nitrogen functional groups attached to an aromatic ring is 1. The minimum Gasteiger partial charge on any atom is -0.477 e. The van der Waals surface area contributed by atoms with Gasteiger partial charge >= 0.3 is 0 Å². The predicted molar refractivity (Wildman–Crippen MR) is 127 cm³/mol. The van der Waals surface area contributed by atoms with E-state index in [0.29, 0.717) is 34.6 Å². The van der Waals surface area contributed by atoms with E-state index in [2.05, 4.69) is 21.2 Å². The number of aliphatic hydroxyl groups is 1. The van der Waals surface area contributed by atoms with Crippen LogP contribution < -0.4 is 10.5 Å². The topological polar surface area (TPSA) is 131 Å². The van der Waals surface area contributed by atoms with Gasteiger partial charge in [-0.15, -0.1) is 11.3 Å². The lowest BCUT2D eigenvalue weighted by molar-refractivity contribution is 0.143. The summed E-state index contributed by atoms with van der Waals surface area (Å²) in [5.74, 6) is 1.82. The van der Waals surface area contributed by atoms with Gasteiger partial charge in [-0.2, -0.15) is 10.2 Å². The number of aliphatic hydroxyl groups excluding tert-OH is 1. The highest BCUT2D eigenvalue weighted by atomic mass is 32.1. The molecular formula is C25H27N5O3S. The minimum absolute atomic E-state index is 0.127. The van der Waals surface area contributed by atoms with Gasteiger partial charge in [0.1, 0.15) is 11.1 Å². The lowest BCUT2D eigenvalue weighted by Crippen LogP contribution is -2.35. The highest BCUT2D eigenvalue weighted by Crippen LogP contribution is 2.55. The number of aryl methyl sites for hydroxylation is 2. The summed E-state index contributed by atoms with van der Waals surface area (Å²) in [5, 5.41) is 24.5. The van der Waals surface area contributed by atoms with Crippen molar-refractivity contribution in [2.75, 3.05) is 18.9 Å². The molecule has 8 nitrogen and oxygen atoms in total. The van der Waals surface area contributed by atoms with Crippen LogP contribution in [0.5, 0.6) is 5.88 Å². The summed E-state index contributed by atoms with van der Waals surface area (Å²) in [4.78, 5) is 10.5.